The topological polar surface area (TPSA) is 105 Å². The summed E-state index contributed by atoms with van der Waals surface area (Å²) in [5.41, 5.74) is 2.25. The molecule has 0 radical (unpaired) electrons. The molecule has 0 unspecified atom stereocenters. The third-order valence-electron chi connectivity index (χ3n) is 12.0. The number of benzene rings is 8. The third-order valence-corrected chi connectivity index (χ3v) is 12.0. The van der Waals surface area contributed by atoms with Crippen LogP contribution in [0.3, 0.4) is 0 Å². The molecule has 0 aliphatic rings. The Morgan fingerprint density at radius 2 is 1.05 bits per heavy atom. The fourth-order valence-corrected chi connectivity index (χ4v) is 8.19. The summed E-state index contributed by atoms with van der Waals surface area (Å²) in [7, 11) is 0. The fourth-order valence-electron chi connectivity index (χ4n) is 8.19. The maximum absolute atomic E-state index is 13.6. The van der Waals surface area contributed by atoms with Crippen LogP contribution in [-0.4, -0.2) is 36.2 Å². The molecule has 0 fully saturated rings. The Kier molecular flexibility index (Phi) is 14.6. The zero-order valence-corrected chi connectivity index (χ0v) is 40.1. The lowest BCUT2D eigenvalue weighted by Gasteiger charge is -2.18. The molecule has 0 aliphatic heterocycles. The Morgan fingerprint density at radius 1 is 0.480 bits per heavy atom. The van der Waals surface area contributed by atoms with Gasteiger partial charge in [0.2, 0.25) is 0 Å². The second-order valence-corrected chi connectivity index (χ2v) is 17.4. The van der Waals surface area contributed by atoms with Crippen molar-refractivity contribution >= 4 is 73.0 Å². The van der Waals surface area contributed by atoms with E-state index in [2.05, 4.69) is 32.4 Å². The van der Waals surface area contributed by atoms with Gasteiger partial charge in [-0.25, -0.2) is 19.2 Å². The second kappa shape index (κ2) is 21.0. The zero-order chi connectivity index (χ0) is 53.9. The highest BCUT2D eigenvalue weighted by molar-refractivity contribution is 6.15. The van der Waals surface area contributed by atoms with Crippen molar-refractivity contribution in [2.24, 2.45) is 0 Å². The number of carbonyl (C=O) groups excluding carboxylic acids is 4. The van der Waals surface area contributed by atoms with Crippen LogP contribution >= 0.6 is 0 Å². The van der Waals surface area contributed by atoms with Crippen LogP contribution in [0.5, 0.6) is 11.5 Å². The van der Waals surface area contributed by atoms with Crippen LogP contribution < -0.4 is 9.47 Å². The van der Waals surface area contributed by atoms with Gasteiger partial charge in [-0.1, -0.05) is 111 Å². The van der Waals surface area contributed by atoms with Gasteiger partial charge in [-0.3, -0.25) is 0 Å². The first-order chi connectivity index (χ1) is 35.6. The lowest BCUT2D eigenvalue weighted by Crippen LogP contribution is -2.23. The van der Waals surface area contributed by atoms with Gasteiger partial charge < -0.3 is 18.9 Å². The molecule has 0 amide bonds. The van der Waals surface area contributed by atoms with Gasteiger partial charge in [-0.2, -0.15) is 26.3 Å². The zero-order valence-electron chi connectivity index (χ0n) is 40.1. The van der Waals surface area contributed by atoms with Crippen molar-refractivity contribution in [1.29, 1.82) is 0 Å². The summed E-state index contributed by atoms with van der Waals surface area (Å²) in [6.45, 7) is 15.4. The predicted octanol–water partition coefficient (Wildman–Crippen LogP) is 15.6. The number of hydrogen-bond acceptors (Lipinski definition) is 8. The average molecular weight is 1020 g/mol. The molecule has 8 aromatic rings. The minimum Gasteiger partial charge on any atom is -0.457 e. The molecule has 0 saturated carbocycles. The predicted molar refractivity (Wildman–Crippen MR) is 278 cm³/mol. The summed E-state index contributed by atoms with van der Waals surface area (Å²) < 4.78 is 101. The highest BCUT2D eigenvalue weighted by Gasteiger charge is 2.39. The Balaban J connectivity index is 1.32. The van der Waals surface area contributed by atoms with Crippen LogP contribution in [0.1, 0.15) is 25.0 Å². The lowest BCUT2D eigenvalue weighted by molar-refractivity contribution is -0.152. The van der Waals surface area contributed by atoms with E-state index in [4.69, 9.17) is 18.9 Å². The van der Waals surface area contributed by atoms with Crippen molar-refractivity contribution in [2.75, 3.05) is 0 Å². The Labute approximate surface area is 425 Å². The summed E-state index contributed by atoms with van der Waals surface area (Å²) in [6.07, 6.45) is -3.78. The van der Waals surface area contributed by atoms with Crippen LogP contribution in [-0.2, 0) is 35.3 Å². The number of alkyl halides is 6. The fraction of sp³-hybridized carbons (Fsp3) is 0.0820. The molecule has 0 heterocycles. The Hall–Kier alpha value is -9.30. The molecule has 0 aromatic heterocycles. The Bertz CT molecular complexity index is 3780. The molecule has 8 rings (SSSR count). The molecule has 0 aliphatic carbocycles. The van der Waals surface area contributed by atoms with Crippen molar-refractivity contribution in [1.82, 2.24) is 0 Å². The van der Waals surface area contributed by atoms with E-state index in [-0.39, 0.29) is 16.9 Å². The molecular formula is C61H42F6O8. The first-order valence-corrected chi connectivity index (χ1v) is 22.8. The SMILES string of the molecule is C=C(C)C(=O)O/C=C/C=C\c1cc(-c2ccc(COC(=O)C(=C)C(F)(F)F)c3cc4c(-c5cccc(OC(=O)C(=C)C(F)(F)F)c5)cccc4cc23)c2cc3cccc(-c4ccc(OC(=O)C(=C)C)cc4)c3cc2c1. The monoisotopic (exact) mass is 1020 g/mol. The lowest BCUT2D eigenvalue weighted by atomic mass is 9.87. The van der Waals surface area contributed by atoms with E-state index in [1.54, 1.807) is 67.6 Å². The maximum atomic E-state index is 13.6. The van der Waals surface area contributed by atoms with Crippen LogP contribution in [0, 0.1) is 0 Å². The number of halogens is 6. The molecular weight excluding hydrogens is 975 g/mol. The molecule has 8 nitrogen and oxygen atoms in total. The van der Waals surface area contributed by atoms with Gasteiger partial charge in [-0.05, 0) is 168 Å². The quantitative estimate of drug-likeness (QED) is 0.0202. The summed E-state index contributed by atoms with van der Waals surface area (Å²) >= 11 is 0. The van der Waals surface area contributed by atoms with E-state index in [0.29, 0.717) is 55.1 Å². The molecule has 14 heteroatoms. The summed E-state index contributed by atoms with van der Waals surface area (Å²) in [4.78, 5) is 49.4. The van der Waals surface area contributed by atoms with E-state index >= 15 is 0 Å². The van der Waals surface area contributed by atoms with E-state index in [1.165, 1.54) is 31.4 Å². The number of rotatable bonds is 14. The molecule has 0 bridgehead atoms. The molecule has 376 valence electrons. The highest BCUT2D eigenvalue weighted by Crippen LogP contribution is 2.43. The van der Waals surface area contributed by atoms with Crippen LogP contribution in [0.25, 0.3) is 82.5 Å². The van der Waals surface area contributed by atoms with E-state index in [0.717, 1.165) is 38.2 Å². The largest absolute Gasteiger partial charge is 0.457 e. The summed E-state index contributed by atoms with van der Waals surface area (Å²) in [6, 6.07) is 39.3. The second-order valence-electron chi connectivity index (χ2n) is 17.4. The van der Waals surface area contributed by atoms with Gasteiger partial charge in [0.15, 0.2) is 0 Å². The average Bonchev–Trinajstić information content (AvgIpc) is 3.38. The van der Waals surface area contributed by atoms with Gasteiger partial charge >= 0.3 is 36.2 Å². The molecule has 0 N–H and O–H groups in total. The van der Waals surface area contributed by atoms with Crippen molar-refractivity contribution in [3.05, 3.63) is 212 Å². The summed E-state index contributed by atoms with van der Waals surface area (Å²) in [5.74, 6) is -4.34. The smallest absolute Gasteiger partial charge is 0.422 e. The summed E-state index contributed by atoms with van der Waals surface area (Å²) in [5, 5.41) is 5.69. The van der Waals surface area contributed by atoms with Gasteiger partial charge in [-0.15, -0.1) is 0 Å². The van der Waals surface area contributed by atoms with Crippen molar-refractivity contribution in [2.45, 2.75) is 32.8 Å². The van der Waals surface area contributed by atoms with Gasteiger partial charge in [0.25, 0.3) is 0 Å². The normalized spacial score (nSPS) is 11.8. The standard InChI is InChI=1S/C61H42F6O8/c1-34(2)56(68)72-25-8-7-12-38-26-44-31-50-41(14-10-17-47(50)39-19-22-45(23-20-39)74-57(69)35(3)4)29-51(44)54(27-38)49-24-21-43(33-73-58(70)36(5)60(62,63)64)53-32-52-42(30-55(49)53)15-11-18-48(52)40-13-9-16-46(28-40)75-59(71)37(6)61(65,66)67/h7-32H,1,3,5-6,33H2,2,4H3/b12-7-,25-8+. The molecule has 8 aromatic carbocycles. The molecule has 0 spiro atoms. The van der Waals surface area contributed by atoms with Crippen LogP contribution in [0.2, 0.25) is 0 Å². The third kappa shape index (κ3) is 11.5. The van der Waals surface area contributed by atoms with Crippen molar-refractivity contribution in [3.63, 3.8) is 0 Å². The number of carbonyl (C=O) groups is 4. The van der Waals surface area contributed by atoms with E-state index in [9.17, 15) is 45.5 Å². The van der Waals surface area contributed by atoms with Gasteiger partial charge in [0.05, 0.1) is 6.26 Å². The molecule has 0 atom stereocenters. The van der Waals surface area contributed by atoms with Crippen LogP contribution in [0.15, 0.2) is 200 Å². The van der Waals surface area contributed by atoms with Crippen molar-refractivity contribution in [3.8, 4) is 44.9 Å². The van der Waals surface area contributed by atoms with Crippen LogP contribution in [0.4, 0.5) is 26.3 Å². The minimum absolute atomic E-state index is 0.191. The first-order valence-electron chi connectivity index (χ1n) is 22.8. The van der Waals surface area contributed by atoms with Gasteiger partial charge in [0.1, 0.15) is 29.3 Å². The maximum Gasteiger partial charge on any atom is 0.422 e. The number of esters is 4. The number of hydrogen-bond donors (Lipinski definition) is 0. The van der Waals surface area contributed by atoms with Crippen molar-refractivity contribution < 1.29 is 64.5 Å². The number of ether oxygens (including phenoxy) is 4. The van der Waals surface area contributed by atoms with E-state index in [1.807, 2.05) is 66.7 Å². The highest BCUT2D eigenvalue weighted by atomic mass is 19.4. The molecule has 0 saturated heterocycles. The minimum atomic E-state index is -5.04. The van der Waals surface area contributed by atoms with E-state index < -0.39 is 54.0 Å². The molecule has 75 heavy (non-hydrogen) atoms. The van der Waals surface area contributed by atoms with Gasteiger partial charge in [0, 0.05) is 11.1 Å². The number of fused-ring (bicyclic) bond motifs is 4. The Morgan fingerprint density at radius 3 is 1.71 bits per heavy atom. The number of allylic oxidation sites excluding steroid dienone is 2. The first kappa shape index (κ1) is 52.0.